The van der Waals surface area contributed by atoms with Crippen LogP contribution in [0.3, 0.4) is 0 Å². The van der Waals surface area contributed by atoms with Crippen LogP contribution in [0.2, 0.25) is 0 Å². The number of nitrogens with zero attached hydrogens (tertiary/aromatic N) is 1. The van der Waals surface area contributed by atoms with Crippen LogP contribution in [0.5, 0.6) is 5.88 Å². The summed E-state index contributed by atoms with van der Waals surface area (Å²) >= 11 is 0. The van der Waals surface area contributed by atoms with Gasteiger partial charge >= 0.3 is 0 Å². The molecular formula is C19H17NO3. The highest BCUT2D eigenvalue weighted by atomic mass is 16.5. The highest BCUT2D eigenvalue weighted by molar-refractivity contribution is 6.03. The Balaban J connectivity index is 2.14. The molecule has 3 aromatic rings. The summed E-state index contributed by atoms with van der Waals surface area (Å²) in [6.07, 6.45) is 0.188. The van der Waals surface area contributed by atoms with E-state index in [1.54, 1.807) is 12.1 Å². The van der Waals surface area contributed by atoms with Crippen molar-refractivity contribution < 1.29 is 14.3 Å². The van der Waals surface area contributed by atoms with E-state index in [1.165, 1.54) is 18.6 Å². The number of ketones is 1. The molecule has 1 aromatic heterocycles. The molecule has 0 unspecified atom stereocenters. The van der Waals surface area contributed by atoms with Crippen LogP contribution in [0.15, 0.2) is 54.6 Å². The number of Topliss-reactive ketones (excluding diaryl/α,β-unsaturated/α-hetero) is 1. The lowest BCUT2D eigenvalue weighted by Crippen LogP contribution is -2.09. The Labute approximate surface area is 134 Å². The van der Waals surface area contributed by atoms with Gasteiger partial charge in [-0.15, -0.1) is 0 Å². The summed E-state index contributed by atoms with van der Waals surface area (Å²) < 4.78 is 6.97. The summed E-state index contributed by atoms with van der Waals surface area (Å²) in [5.74, 6) is 0.287. The molecule has 0 radical (unpaired) electrons. The second-order valence-electron chi connectivity index (χ2n) is 5.33. The molecule has 3 rings (SSSR count). The van der Waals surface area contributed by atoms with Gasteiger partial charge in [-0.05, 0) is 6.07 Å². The first-order valence-electron chi connectivity index (χ1n) is 7.39. The van der Waals surface area contributed by atoms with Gasteiger partial charge in [0.15, 0.2) is 5.78 Å². The first-order chi connectivity index (χ1) is 11.1. The number of carbonyl (C=O) groups is 2. The monoisotopic (exact) mass is 307 g/mol. The van der Waals surface area contributed by atoms with Crippen molar-refractivity contribution in [3.63, 3.8) is 0 Å². The number of hydrogen-bond acceptors (Lipinski definition) is 3. The zero-order chi connectivity index (χ0) is 16.4. The van der Waals surface area contributed by atoms with Crippen molar-refractivity contribution in [2.45, 2.75) is 13.3 Å². The molecule has 0 amide bonds. The van der Waals surface area contributed by atoms with Crippen molar-refractivity contribution in [3.8, 4) is 5.88 Å². The number of carbonyl (C=O) groups excluding carboxylic acids is 2. The number of ether oxygens (including phenoxy) is 1. The van der Waals surface area contributed by atoms with Gasteiger partial charge in [0.05, 0.1) is 12.6 Å². The second kappa shape index (κ2) is 6.08. The predicted molar refractivity (Wildman–Crippen MR) is 89.3 cm³/mol. The molecule has 0 spiro atoms. The van der Waals surface area contributed by atoms with Gasteiger partial charge < -0.3 is 4.74 Å². The van der Waals surface area contributed by atoms with Crippen LogP contribution < -0.4 is 4.74 Å². The zero-order valence-corrected chi connectivity index (χ0v) is 13.1. The smallest absolute Gasteiger partial charge is 0.230 e. The molecular weight excluding hydrogens is 290 g/mol. The highest BCUT2D eigenvalue weighted by Crippen LogP contribution is 2.33. The van der Waals surface area contributed by atoms with E-state index in [9.17, 15) is 9.59 Å². The Kier molecular flexibility index (Phi) is 3.98. The van der Waals surface area contributed by atoms with Crippen molar-refractivity contribution in [1.82, 2.24) is 4.57 Å². The summed E-state index contributed by atoms with van der Waals surface area (Å²) in [5.41, 5.74) is 2.15. The molecule has 1 heterocycles. The van der Waals surface area contributed by atoms with Crippen molar-refractivity contribution in [3.05, 3.63) is 65.7 Å². The number of benzene rings is 2. The van der Waals surface area contributed by atoms with Crippen molar-refractivity contribution in [2.75, 3.05) is 7.11 Å². The fourth-order valence-corrected chi connectivity index (χ4v) is 2.87. The Hall–Kier alpha value is -2.88. The summed E-state index contributed by atoms with van der Waals surface area (Å²) in [7, 11) is 1.52. The normalized spacial score (nSPS) is 10.7. The fraction of sp³-hybridized carbons (Fsp3) is 0.158. The quantitative estimate of drug-likeness (QED) is 0.690. The SMILES string of the molecule is COc1c(CC(=O)c2ccccc2)c2ccccc2n1C(C)=O. The van der Waals surface area contributed by atoms with E-state index in [-0.39, 0.29) is 18.1 Å². The molecule has 0 N–H and O–H groups in total. The van der Waals surface area contributed by atoms with Crippen LogP contribution in [0, 0.1) is 0 Å². The van der Waals surface area contributed by atoms with Gasteiger partial charge in [-0.25, -0.2) is 0 Å². The Morgan fingerprint density at radius 3 is 2.30 bits per heavy atom. The lowest BCUT2D eigenvalue weighted by molar-refractivity contribution is 0.0928. The number of methoxy groups -OCH3 is 1. The van der Waals surface area contributed by atoms with Gasteiger partial charge in [0.2, 0.25) is 11.8 Å². The molecule has 0 saturated heterocycles. The lowest BCUT2D eigenvalue weighted by atomic mass is 10.0. The third-order valence-electron chi connectivity index (χ3n) is 3.87. The number of fused-ring (bicyclic) bond motifs is 1. The van der Waals surface area contributed by atoms with E-state index < -0.39 is 0 Å². The number of hydrogen-bond donors (Lipinski definition) is 0. The van der Waals surface area contributed by atoms with Gasteiger partial charge in [-0.2, -0.15) is 0 Å². The molecule has 0 fully saturated rings. The van der Waals surface area contributed by atoms with E-state index in [0.717, 1.165) is 16.5 Å². The minimum atomic E-state index is -0.142. The Bertz CT molecular complexity index is 878. The van der Waals surface area contributed by atoms with Crippen LogP contribution >= 0.6 is 0 Å². The van der Waals surface area contributed by atoms with Gasteiger partial charge in [0.1, 0.15) is 0 Å². The van der Waals surface area contributed by atoms with E-state index in [0.29, 0.717) is 11.4 Å². The summed E-state index contributed by atoms with van der Waals surface area (Å²) in [6.45, 7) is 1.48. The maximum Gasteiger partial charge on any atom is 0.230 e. The highest BCUT2D eigenvalue weighted by Gasteiger charge is 2.22. The number of rotatable bonds is 4. The van der Waals surface area contributed by atoms with Gasteiger partial charge in [0, 0.05) is 29.9 Å². The minimum absolute atomic E-state index is 0.00430. The molecule has 0 bridgehead atoms. The average molecular weight is 307 g/mol. The molecule has 4 heteroatoms. The van der Waals surface area contributed by atoms with Crippen molar-refractivity contribution in [1.29, 1.82) is 0 Å². The van der Waals surface area contributed by atoms with E-state index in [2.05, 4.69) is 0 Å². The molecule has 0 atom stereocenters. The fourth-order valence-electron chi connectivity index (χ4n) is 2.87. The lowest BCUT2D eigenvalue weighted by Gasteiger charge is -2.07. The third kappa shape index (κ3) is 2.63. The van der Waals surface area contributed by atoms with Crippen LogP contribution in [-0.2, 0) is 6.42 Å². The molecule has 0 aliphatic heterocycles. The average Bonchev–Trinajstić information content (AvgIpc) is 2.89. The molecule has 2 aromatic carbocycles. The maximum absolute atomic E-state index is 12.6. The van der Waals surface area contributed by atoms with Crippen LogP contribution in [-0.4, -0.2) is 23.4 Å². The number of para-hydroxylation sites is 1. The van der Waals surface area contributed by atoms with E-state index >= 15 is 0 Å². The molecule has 0 aliphatic rings. The van der Waals surface area contributed by atoms with E-state index in [4.69, 9.17) is 4.74 Å². The predicted octanol–water partition coefficient (Wildman–Crippen LogP) is 3.74. The van der Waals surface area contributed by atoms with Gasteiger partial charge in [-0.1, -0.05) is 48.5 Å². The topological polar surface area (TPSA) is 48.3 Å². The van der Waals surface area contributed by atoms with Gasteiger partial charge in [-0.3, -0.25) is 14.2 Å². The van der Waals surface area contributed by atoms with Gasteiger partial charge in [0.25, 0.3) is 0 Å². The Morgan fingerprint density at radius 1 is 1.00 bits per heavy atom. The largest absolute Gasteiger partial charge is 0.482 e. The second-order valence-corrected chi connectivity index (χ2v) is 5.33. The molecule has 0 saturated carbocycles. The number of aromatic nitrogens is 1. The first kappa shape index (κ1) is 15.0. The summed E-state index contributed by atoms with van der Waals surface area (Å²) in [6, 6.07) is 16.6. The zero-order valence-electron chi connectivity index (χ0n) is 13.1. The summed E-state index contributed by atoms with van der Waals surface area (Å²) in [4.78, 5) is 24.6. The summed E-state index contributed by atoms with van der Waals surface area (Å²) in [5, 5.41) is 0.865. The van der Waals surface area contributed by atoms with Crippen molar-refractivity contribution >= 4 is 22.6 Å². The minimum Gasteiger partial charge on any atom is -0.482 e. The van der Waals surface area contributed by atoms with E-state index in [1.807, 2.05) is 42.5 Å². The van der Waals surface area contributed by atoms with Crippen LogP contribution in [0.4, 0.5) is 0 Å². The molecule has 116 valence electrons. The van der Waals surface area contributed by atoms with Crippen LogP contribution in [0.1, 0.15) is 27.6 Å². The van der Waals surface area contributed by atoms with Crippen molar-refractivity contribution in [2.24, 2.45) is 0 Å². The molecule has 23 heavy (non-hydrogen) atoms. The third-order valence-corrected chi connectivity index (χ3v) is 3.87. The molecule has 0 aliphatic carbocycles. The Morgan fingerprint density at radius 2 is 1.65 bits per heavy atom. The standard InChI is InChI=1S/C19H17NO3/c1-13(21)20-17-11-7-6-10-15(17)16(19(20)23-2)12-18(22)14-8-4-3-5-9-14/h3-11H,12H2,1-2H3. The van der Waals surface area contributed by atoms with Crippen LogP contribution in [0.25, 0.3) is 10.9 Å². The molecule has 4 nitrogen and oxygen atoms in total. The maximum atomic E-state index is 12.6. The first-order valence-corrected chi connectivity index (χ1v) is 7.39.